The second-order valence-electron chi connectivity index (χ2n) is 7.21. The van der Waals surface area contributed by atoms with Crippen LogP contribution in [-0.2, 0) is 4.79 Å². The molecule has 2 fully saturated rings. The summed E-state index contributed by atoms with van der Waals surface area (Å²) in [5.41, 5.74) is 5.93. The molecule has 0 bridgehead atoms. The zero-order valence-electron chi connectivity index (χ0n) is 12.6. The van der Waals surface area contributed by atoms with Gasteiger partial charge in [0, 0.05) is 18.5 Å². The molecule has 4 heteroatoms. The fourth-order valence-corrected chi connectivity index (χ4v) is 3.27. The fraction of sp³-hybridized carbons (Fsp3) is 0.933. The van der Waals surface area contributed by atoms with Gasteiger partial charge in [0.05, 0.1) is 0 Å². The summed E-state index contributed by atoms with van der Waals surface area (Å²) in [4.78, 5) is 14.4. The summed E-state index contributed by atoms with van der Waals surface area (Å²) in [7, 11) is 2.19. The maximum absolute atomic E-state index is 12.0. The molecule has 1 aliphatic heterocycles. The lowest BCUT2D eigenvalue weighted by Crippen LogP contribution is -2.48. The van der Waals surface area contributed by atoms with Gasteiger partial charge in [-0.2, -0.15) is 0 Å². The molecule has 1 saturated heterocycles. The summed E-state index contributed by atoms with van der Waals surface area (Å²) in [5.74, 6) is 1.10. The van der Waals surface area contributed by atoms with Crippen molar-refractivity contribution in [3.63, 3.8) is 0 Å². The van der Waals surface area contributed by atoms with E-state index in [1.165, 1.54) is 25.9 Å². The summed E-state index contributed by atoms with van der Waals surface area (Å²) < 4.78 is 0. The molecule has 0 aromatic heterocycles. The van der Waals surface area contributed by atoms with Gasteiger partial charge in [0.1, 0.15) is 0 Å². The van der Waals surface area contributed by atoms with Gasteiger partial charge in [-0.05, 0) is 57.2 Å². The molecule has 0 atom stereocenters. The zero-order valence-corrected chi connectivity index (χ0v) is 12.6. The lowest BCUT2D eigenvalue weighted by atomic mass is 9.73. The van der Waals surface area contributed by atoms with Gasteiger partial charge in [0.25, 0.3) is 0 Å². The molecule has 0 spiro atoms. The SMILES string of the molecule is CN1CCC(C(C)(C)CNC(=O)C2CC(N)C2)CC1. The normalized spacial score (nSPS) is 29.9. The van der Waals surface area contributed by atoms with Crippen molar-refractivity contribution in [1.82, 2.24) is 10.2 Å². The Morgan fingerprint density at radius 3 is 2.42 bits per heavy atom. The van der Waals surface area contributed by atoms with E-state index in [9.17, 15) is 4.79 Å². The molecular formula is C15H29N3O. The Kier molecular flexibility index (Phi) is 4.51. The van der Waals surface area contributed by atoms with Crippen LogP contribution in [0.3, 0.4) is 0 Å². The van der Waals surface area contributed by atoms with Crippen molar-refractivity contribution in [3.8, 4) is 0 Å². The van der Waals surface area contributed by atoms with E-state index in [0.29, 0.717) is 5.92 Å². The van der Waals surface area contributed by atoms with Crippen LogP contribution in [0.5, 0.6) is 0 Å². The summed E-state index contributed by atoms with van der Waals surface area (Å²) in [6, 6.07) is 0.248. The van der Waals surface area contributed by atoms with E-state index >= 15 is 0 Å². The molecule has 1 amide bonds. The van der Waals surface area contributed by atoms with Crippen LogP contribution in [0.15, 0.2) is 0 Å². The van der Waals surface area contributed by atoms with Crippen LogP contribution < -0.4 is 11.1 Å². The Morgan fingerprint density at radius 2 is 1.89 bits per heavy atom. The highest BCUT2D eigenvalue weighted by molar-refractivity contribution is 5.79. The lowest BCUT2D eigenvalue weighted by molar-refractivity contribution is -0.128. The molecule has 1 aliphatic carbocycles. The highest BCUT2D eigenvalue weighted by Gasteiger charge is 2.35. The van der Waals surface area contributed by atoms with Crippen LogP contribution in [0.2, 0.25) is 0 Å². The number of nitrogens with two attached hydrogens (primary N) is 1. The van der Waals surface area contributed by atoms with Crippen molar-refractivity contribution in [2.75, 3.05) is 26.7 Å². The monoisotopic (exact) mass is 267 g/mol. The average Bonchev–Trinajstić information content (AvgIpc) is 2.33. The number of amides is 1. The van der Waals surface area contributed by atoms with E-state index in [1.807, 2.05) is 0 Å². The van der Waals surface area contributed by atoms with Crippen LogP contribution in [0.25, 0.3) is 0 Å². The van der Waals surface area contributed by atoms with E-state index in [0.717, 1.165) is 19.4 Å². The first-order valence-electron chi connectivity index (χ1n) is 7.60. The van der Waals surface area contributed by atoms with Crippen molar-refractivity contribution < 1.29 is 4.79 Å². The van der Waals surface area contributed by atoms with E-state index in [-0.39, 0.29) is 23.3 Å². The molecular weight excluding hydrogens is 238 g/mol. The third-order valence-corrected chi connectivity index (χ3v) is 5.09. The van der Waals surface area contributed by atoms with Crippen LogP contribution in [0, 0.1) is 17.3 Å². The van der Waals surface area contributed by atoms with Gasteiger partial charge in [0.15, 0.2) is 0 Å². The van der Waals surface area contributed by atoms with Gasteiger partial charge >= 0.3 is 0 Å². The lowest BCUT2D eigenvalue weighted by Gasteiger charge is -2.40. The van der Waals surface area contributed by atoms with Gasteiger partial charge in [-0.25, -0.2) is 0 Å². The summed E-state index contributed by atoms with van der Waals surface area (Å²) in [5, 5.41) is 3.15. The largest absolute Gasteiger partial charge is 0.355 e. The fourth-order valence-electron chi connectivity index (χ4n) is 3.27. The minimum Gasteiger partial charge on any atom is -0.355 e. The first kappa shape index (κ1) is 14.8. The van der Waals surface area contributed by atoms with Crippen molar-refractivity contribution in [2.45, 2.75) is 45.6 Å². The van der Waals surface area contributed by atoms with Crippen LogP contribution in [0.1, 0.15) is 39.5 Å². The van der Waals surface area contributed by atoms with E-state index in [4.69, 9.17) is 5.73 Å². The Morgan fingerprint density at radius 1 is 1.32 bits per heavy atom. The number of hydrogen-bond donors (Lipinski definition) is 2. The minimum atomic E-state index is 0.170. The first-order chi connectivity index (χ1) is 8.88. The van der Waals surface area contributed by atoms with E-state index in [2.05, 4.69) is 31.1 Å². The number of rotatable bonds is 4. The maximum Gasteiger partial charge on any atom is 0.223 e. The maximum atomic E-state index is 12.0. The number of nitrogens with zero attached hydrogens (tertiary/aromatic N) is 1. The highest BCUT2D eigenvalue weighted by Crippen LogP contribution is 2.34. The quantitative estimate of drug-likeness (QED) is 0.805. The van der Waals surface area contributed by atoms with Gasteiger partial charge in [-0.15, -0.1) is 0 Å². The van der Waals surface area contributed by atoms with Gasteiger partial charge < -0.3 is 16.0 Å². The molecule has 0 aromatic carbocycles. The topological polar surface area (TPSA) is 58.4 Å². The standard InChI is InChI=1S/C15H29N3O/c1-15(2,12-4-6-18(3)7-5-12)10-17-14(19)11-8-13(16)9-11/h11-13H,4-10,16H2,1-3H3,(H,17,19). The Bertz CT molecular complexity index is 315. The van der Waals surface area contributed by atoms with Gasteiger partial charge in [0.2, 0.25) is 5.91 Å². The molecule has 0 aromatic rings. The molecule has 2 rings (SSSR count). The van der Waals surface area contributed by atoms with Crippen LogP contribution in [-0.4, -0.2) is 43.5 Å². The van der Waals surface area contributed by atoms with Crippen LogP contribution >= 0.6 is 0 Å². The predicted octanol–water partition coefficient (Wildman–Crippen LogP) is 1.21. The second kappa shape index (κ2) is 5.80. The Balaban J connectivity index is 1.75. The molecule has 110 valence electrons. The third kappa shape index (κ3) is 3.69. The number of carbonyl (C=O) groups is 1. The van der Waals surface area contributed by atoms with E-state index in [1.54, 1.807) is 0 Å². The molecule has 4 nitrogen and oxygen atoms in total. The molecule has 2 aliphatic rings. The number of hydrogen-bond acceptors (Lipinski definition) is 3. The number of carbonyl (C=O) groups excluding carboxylic acids is 1. The van der Waals surface area contributed by atoms with Gasteiger partial charge in [-0.3, -0.25) is 4.79 Å². The first-order valence-corrected chi connectivity index (χ1v) is 7.60. The summed E-state index contributed by atoms with van der Waals surface area (Å²) in [6.07, 6.45) is 4.21. The highest BCUT2D eigenvalue weighted by atomic mass is 16.1. The molecule has 19 heavy (non-hydrogen) atoms. The van der Waals surface area contributed by atoms with Gasteiger partial charge in [-0.1, -0.05) is 13.8 Å². The zero-order chi connectivity index (χ0) is 14.0. The number of piperidine rings is 1. The smallest absolute Gasteiger partial charge is 0.223 e. The summed E-state index contributed by atoms with van der Waals surface area (Å²) in [6.45, 7) is 7.73. The van der Waals surface area contributed by atoms with E-state index < -0.39 is 0 Å². The number of likely N-dealkylation sites (tertiary alicyclic amines) is 1. The number of nitrogens with one attached hydrogen (secondary N) is 1. The van der Waals surface area contributed by atoms with Crippen molar-refractivity contribution >= 4 is 5.91 Å². The van der Waals surface area contributed by atoms with Crippen molar-refractivity contribution in [2.24, 2.45) is 23.0 Å². The molecule has 0 radical (unpaired) electrons. The third-order valence-electron chi connectivity index (χ3n) is 5.09. The average molecular weight is 267 g/mol. The second-order valence-corrected chi connectivity index (χ2v) is 7.21. The molecule has 1 saturated carbocycles. The molecule has 0 unspecified atom stereocenters. The minimum absolute atomic E-state index is 0.170. The Labute approximate surface area is 117 Å². The predicted molar refractivity (Wildman–Crippen MR) is 77.7 cm³/mol. The van der Waals surface area contributed by atoms with Crippen LogP contribution in [0.4, 0.5) is 0 Å². The summed E-state index contributed by atoms with van der Waals surface area (Å²) >= 11 is 0. The Hall–Kier alpha value is -0.610. The van der Waals surface area contributed by atoms with Crippen molar-refractivity contribution in [1.29, 1.82) is 0 Å². The molecule has 3 N–H and O–H groups in total. The van der Waals surface area contributed by atoms with Crippen molar-refractivity contribution in [3.05, 3.63) is 0 Å². The molecule has 1 heterocycles.